The molecule has 4 N–H and O–H groups in total. The standard InChI is InChI=1S/C11H20N4O2/c1-7(12)5-4-6-9-8(2)14-15(3)10(9)13-11(16)17/h7,13H,4-6,12H2,1-3H3,(H,16,17). The summed E-state index contributed by atoms with van der Waals surface area (Å²) < 4.78 is 1.56. The SMILES string of the molecule is Cc1nn(C)c(NC(=O)O)c1CCCC(C)N. The van der Waals surface area contributed by atoms with E-state index in [1.165, 1.54) is 0 Å². The minimum Gasteiger partial charge on any atom is -0.465 e. The average Bonchev–Trinajstić information content (AvgIpc) is 2.43. The van der Waals surface area contributed by atoms with Gasteiger partial charge in [0.2, 0.25) is 0 Å². The molecule has 1 unspecified atom stereocenters. The Morgan fingerprint density at radius 1 is 1.65 bits per heavy atom. The van der Waals surface area contributed by atoms with Gasteiger partial charge in [-0.3, -0.25) is 10.00 Å². The number of hydrogen-bond donors (Lipinski definition) is 3. The van der Waals surface area contributed by atoms with Gasteiger partial charge >= 0.3 is 6.09 Å². The highest BCUT2D eigenvalue weighted by molar-refractivity contribution is 5.82. The molecule has 0 bridgehead atoms. The Bertz CT molecular complexity index is 398. The van der Waals surface area contributed by atoms with Crippen molar-refractivity contribution in [2.24, 2.45) is 12.8 Å². The molecule has 0 aliphatic carbocycles. The molecule has 1 heterocycles. The van der Waals surface area contributed by atoms with Gasteiger partial charge in [-0.05, 0) is 33.1 Å². The number of nitrogens with two attached hydrogens (primary N) is 1. The number of hydrogen-bond acceptors (Lipinski definition) is 3. The van der Waals surface area contributed by atoms with Crippen LogP contribution in [0.3, 0.4) is 0 Å². The maximum atomic E-state index is 10.7. The zero-order chi connectivity index (χ0) is 13.0. The van der Waals surface area contributed by atoms with Gasteiger partial charge in [-0.25, -0.2) is 4.79 Å². The second-order valence-electron chi connectivity index (χ2n) is 4.34. The molecule has 1 amide bonds. The van der Waals surface area contributed by atoms with E-state index in [0.717, 1.165) is 30.5 Å². The first-order valence-corrected chi connectivity index (χ1v) is 5.69. The number of nitrogens with one attached hydrogen (secondary N) is 1. The Morgan fingerprint density at radius 2 is 2.29 bits per heavy atom. The zero-order valence-corrected chi connectivity index (χ0v) is 10.5. The van der Waals surface area contributed by atoms with E-state index < -0.39 is 6.09 Å². The van der Waals surface area contributed by atoms with Crippen molar-refractivity contribution in [2.75, 3.05) is 5.32 Å². The van der Waals surface area contributed by atoms with Crippen molar-refractivity contribution in [2.45, 2.75) is 39.2 Å². The summed E-state index contributed by atoms with van der Waals surface area (Å²) in [5.74, 6) is 0.555. The van der Waals surface area contributed by atoms with E-state index in [-0.39, 0.29) is 6.04 Å². The van der Waals surface area contributed by atoms with Crippen molar-refractivity contribution >= 4 is 11.9 Å². The van der Waals surface area contributed by atoms with E-state index in [0.29, 0.717) is 5.82 Å². The Morgan fingerprint density at radius 3 is 2.82 bits per heavy atom. The highest BCUT2D eigenvalue weighted by atomic mass is 16.4. The van der Waals surface area contributed by atoms with Crippen molar-refractivity contribution in [1.29, 1.82) is 0 Å². The summed E-state index contributed by atoms with van der Waals surface area (Å²) >= 11 is 0. The average molecular weight is 240 g/mol. The first-order chi connectivity index (χ1) is 7.91. The van der Waals surface area contributed by atoms with Crippen LogP contribution in [0.4, 0.5) is 10.6 Å². The molecule has 17 heavy (non-hydrogen) atoms. The number of amides is 1. The van der Waals surface area contributed by atoms with Crippen LogP contribution in [0.2, 0.25) is 0 Å². The maximum absolute atomic E-state index is 10.7. The number of anilines is 1. The lowest BCUT2D eigenvalue weighted by Gasteiger charge is -2.07. The van der Waals surface area contributed by atoms with E-state index in [4.69, 9.17) is 10.8 Å². The van der Waals surface area contributed by atoms with Gasteiger partial charge < -0.3 is 10.8 Å². The molecule has 0 aliphatic rings. The van der Waals surface area contributed by atoms with Crippen LogP contribution in [0.5, 0.6) is 0 Å². The summed E-state index contributed by atoms with van der Waals surface area (Å²) in [5.41, 5.74) is 7.50. The molecule has 0 aromatic carbocycles. The second kappa shape index (κ2) is 5.67. The molecule has 1 aromatic heterocycles. The third-order valence-corrected chi connectivity index (χ3v) is 2.66. The largest absolute Gasteiger partial charge is 0.465 e. The lowest BCUT2D eigenvalue weighted by molar-refractivity contribution is 0.209. The summed E-state index contributed by atoms with van der Waals surface area (Å²) in [6, 6.07) is 0.169. The van der Waals surface area contributed by atoms with Crippen molar-refractivity contribution in [3.05, 3.63) is 11.3 Å². The summed E-state index contributed by atoms with van der Waals surface area (Å²) in [7, 11) is 1.73. The zero-order valence-electron chi connectivity index (χ0n) is 10.5. The van der Waals surface area contributed by atoms with Gasteiger partial charge in [-0.2, -0.15) is 5.10 Å². The van der Waals surface area contributed by atoms with E-state index in [1.807, 2.05) is 13.8 Å². The van der Waals surface area contributed by atoms with E-state index in [2.05, 4.69) is 10.4 Å². The fraction of sp³-hybridized carbons (Fsp3) is 0.636. The Labute approximate surface area is 101 Å². The van der Waals surface area contributed by atoms with E-state index >= 15 is 0 Å². The Kier molecular flexibility index (Phi) is 4.51. The lowest BCUT2D eigenvalue weighted by atomic mass is 10.1. The fourth-order valence-electron chi connectivity index (χ4n) is 1.86. The summed E-state index contributed by atoms with van der Waals surface area (Å²) in [5, 5.41) is 15.4. The Hall–Kier alpha value is -1.56. The highest BCUT2D eigenvalue weighted by Crippen LogP contribution is 2.21. The number of aromatic nitrogens is 2. The minimum absolute atomic E-state index is 0.169. The maximum Gasteiger partial charge on any atom is 0.410 e. The molecule has 1 atom stereocenters. The van der Waals surface area contributed by atoms with Crippen LogP contribution < -0.4 is 11.1 Å². The van der Waals surface area contributed by atoms with E-state index in [1.54, 1.807) is 11.7 Å². The number of rotatable bonds is 5. The molecule has 1 rings (SSSR count). The predicted octanol–water partition coefficient (Wildman–Crippen LogP) is 1.49. The third-order valence-electron chi connectivity index (χ3n) is 2.66. The quantitative estimate of drug-likeness (QED) is 0.726. The van der Waals surface area contributed by atoms with Gasteiger partial charge in [-0.15, -0.1) is 0 Å². The second-order valence-corrected chi connectivity index (χ2v) is 4.34. The molecule has 6 heteroatoms. The molecule has 0 radical (unpaired) electrons. The third kappa shape index (κ3) is 3.74. The molecule has 0 spiro atoms. The van der Waals surface area contributed by atoms with Crippen LogP contribution in [-0.2, 0) is 13.5 Å². The summed E-state index contributed by atoms with van der Waals surface area (Å²) in [6.07, 6.45) is 1.57. The predicted molar refractivity (Wildman–Crippen MR) is 66.2 cm³/mol. The number of aryl methyl sites for hydroxylation is 2. The molecule has 0 saturated carbocycles. The van der Waals surface area contributed by atoms with E-state index in [9.17, 15) is 4.79 Å². The van der Waals surface area contributed by atoms with Gasteiger partial charge in [0.05, 0.1) is 5.69 Å². The number of nitrogens with zero attached hydrogens (tertiary/aromatic N) is 2. The van der Waals surface area contributed by atoms with Crippen molar-refractivity contribution < 1.29 is 9.90 Å². The van der Waals surface area contributed by atoms with Crippen molar-refractivity contribution in [3.8, 4) is 0 Å². The Balaban J connectivity index is 2.78. The smallest absolute Gasteiger partial charge is 0.410 e. The topological polar surface area (TPSA) is 93.2 Å². The van der Waals surface area contributed by atoms with Crippen molar-refractivity contribution in [3.63, 3.8) is 0 Å². The lowest BCUT2D eigenvalue weighted by Crippen LogP contribution is -2.15. The molecule has 0 saturated heterocycles. The van der Waals surface area contributed by atoms with Gasteiger partial charge in [0.15, 0.2) is 0 Å². The van der Waals surface area contributed by atoms with Crippen LogP contribution in [0.25, 0.3) is 0 Å². The molecular formula is C11H20N4O2. The summed E-state index contributed by atoms with van der Waals surface area (Å²) in [4.78, 5) is 10.7. The fourth-order valence-corrected chi connectivity index (χ4v) is 1.86. The van der Waals surface area contributed by atoms with Gasteiger partial charge in [0.25, 0.3) is 0 Å². The molecule has 6 nitrogen and oxygen atoms in total. The first-order valence-electron chi connectivity index (χ1n) is 5.69. The van der Waals surface area contributed by atoms with Crippen LogP contribution >= 0.6 is 0 Å². The number of carbonyl (C=O) groups is 1. The van der Waals surface area contributed by atoms with Crippen molar-refractivity contribution in [1.82, 2.24) is 9.78 Å². The van der Waals surface area contributed by atoms with Crippen LogP contribution in [-0.4, -0.2) is 27.0 Å². The normalized spacial score (nSPS) is 12.5. The molecule has 96 valence electrons. The monoisotopic (exact) mass is 240 g/mol. The molecule has 0 aliphatic heterocycles. The van der Waals surface area contributed by atoms with Crippen LogP contribution in [0.1, 0.15) is 31.0 Å². The van der Waals surface area contributed by atoms with Gasteiger partial charge in [0, 0.05) is 18.7 Å². The summed E-state index contributed by atoms with van der Waals surface area (Å²) in [6.45, 7) is 3.85. The van der Waals surface area contributed by atoms with Gasteiger partial charge in [0.1, 0.15) is 5.82 Å². The highest BCUT2D eigenvalue weighted by Gasteiger charge is 2.14. The van der Waals surface area contributed by atoms with Crippen LogP contribution in [0.15, 0.2) is 0 Å². The van der Waals surface area contributed by atoms with Crippen LogP contribution in [0, 0.1) is 6.92 Å². The van der Waals surface area contributed by atoms with Gasteiger partial charge in [-0.1, -0.05) is 0 Å². The molecular weight excluding hydrogens is 220 g/mol. The minimum atomic E-state index is -1.07. The molecule has 0 fully saturated rings. The first kappa shape index (κ1) is 13.5. The number of carboxylic acid groups (broad SMARTS) is 1. The molecule has 1 aromatic rings.